The number of H-pyrrole nitrogens is 1. The summed E-state index contributed by atoms with van der Waals surface area (Å²) in [5.41, 5.74) is 5.95. The fourth-order valence-corrected chi connectivity index (χ4v) is 3.42. The van der Waals surface area contributed by atoms with Crippen LogP contribution in [0, 0.1) is 13.8 Å². The maximum atomic E-state index is 4.64. The molecule has 1 heterocycles. The fourth-order valence-electron chi connectivity index (χ4n) is 3.42. The zero-order valence-electron chi connectivity index (χ0n) is 15.2. The average Bonchev–Trinajstić information content (AvgIpc) is 2.96. The van der Waals surface area contributed by atoms with Crippen molar-refractivity contribution in [2.75, 3.05) is 18.4 Å². The standard InChI is InChI=1S/C23H23N3/c1-16-10-11-23-20(14-16)21(17(2)26-23)15-24-12-13-25-22-9-5-7-18-6-3-4-8-19(18)22/h3-11,14-15,25-26H,12-13H2,1-2H3. The third-order valence-corrected chi connectivity index (χ3v) is 4.76. The Morgan fingerprint density at radius 2 is 1.81 bits per heavy atom. The Morgan fingerprint density at radius 3 is 2.73 bits per heavy atom. The molecule has 0 spiro atoms. The van der Waals surface area contributed by atoms with Crippen LogP contribution in [0.15, 0.2) is 65.7 Å². The monoisotopic (exact) mass is 341 g/mol. The Balaban J connectivity index is 1.45. The Bertz CT molecular complexity index is 1080. The molecule has 3 aromatic carbocycles. The van der Waals surface area contributed by atoms with Crippen molar-refractivity contribution >= 4 is 33.6 Å². The van der Waals surface area contributed by atoms with Gasteiger partial charge in [-0.25, -0.2) is 0 Å². The molecule has 2 N–H and O–H groups in total. The molecule has 0 unspecified atom stereocenters. The van der Waals surface area contributed by atoms with E-state index in [-0.39, 0.29) is 0 Å². The molecule has 0 bridgehead atoms. The van der Waals surface area contributed by atoms with E-state index in [2.05, 4.69) is 89.8 Å². The maximum absolute atomic E-state index is 4.64. The van der Waals surface area contributed by atoms with Crippen LogP contribution in [-0.2, 0) is 0 Å². The molecule has 4 aromatic rings. The Hall–Kier alpha value is -3.07. The summed E-state index contributed by atoms with van der Waals surface area (Å²) in [5.74, 6) is 0. The fraction of sp³-hybridized carbons (Fsp3) is 0.174. The molecule has 0 fully saturated rings. The normalized spacial score (nSPS) is 11.6. The summed E-state index contributed by atoms with van der Waals surface area (Å²) in [6, 6.07) is 21.3. The molecule has 4 rings (SSSR count). The van der Waals surface area contributed by atoms with Gasteiger partial charge in [-0.05, 0) is 37.4 Å². The van der Waals surface area contributed by atoms with E-state index in [0.717, 1.165) is 24.5 Å². The molecule has 26 heavy (non-hydrogen) atoms. The van der Waals surface area contributed by atoms with E-state index in [1.165, 1.54) is 32.8 Å². The second kappa shape index (κ2) is 7.04. The van der Waals surface area contributed by atoms with Crippen LogP contribution in [0.2, 0.25) is 0 Å². The van der Waals surface area contributed by atoms with Gasteiger partial charge in [0, 0.05) is 46.0 Å². The summed E-state index contributed by atoms with van der Waals surface area (Å²) >= 11 is 0. The highest BCUT2D eigenvalue weighted by molar-refractivity contribution is 6.01. The van der Waals surface area contributed by atoms with Crippen LogP contribution in [0.3, 0.4) is 0 Å². The van der Waals surface area contributed by atoms with Gasteiger partial charge in [-0.3, -0.25) is 4.99 Å². The number of nitrogens with one attached hydrogen (secondary N) is 2. The molecule has 0 aliphatic rings. The molecule has 0 saturated heterocycles. The first-order valence-corrected chi connectivity index (χ1v) is 9.03. The molecule has 0 atom stereocenters. The van der Waals surface area contributed by atoms with Gasteiger partial charge in [-0.2, -0.15) is 0 Å². The van der Waals surface area contributed by atoms with Crippen molar-refractivity contribution in [3.63, 3.8) is 0 Å². The lowest BCUT2D eigenvalue weighted by Crippen LogP contribution is -2.05. The summed E-state index contributed by atoms with van der Waals surface area (Å²) in [4.78, 5) is 8.08. The number of benzene rings is 3. The lowest BCUT2D eigenvalue weighted by molar-refractivity contribution is 1.03. The first-order chi connectivity index (χ1) is 12.7. The SMILES string of the molecule is Cc1ccc2[nH]c(C)c(C=NCCNc3cccc4ccccc34)c2c1. The highest BCUT2D eigenvalue weighted by Gasteiger charge is 2.06. The number of aryl methyl sites for hydroxylation is 2. The van der Waals surface area contributed by atoms with Crippen LogP contribution in [0.1, 0.15) is 16.8 Å². The molecule has 3 heteroatoms. The van der Waals surface area contributed by atoms with E-state index in [9.17, 15) is 0 Å². The van der Waals surface area contributed by atoms with Crippen molar-refractivity contribution < 1.29 is 0 Å². The second-order valence-electron chi connectivity index (χ2n) is 6.70. The molecule has 0 radical (unpaired) electrons. The van der Waals surface area contributed by atoms with E-state index in [0.29, 0.717) is 0 Å². The zero-order valence-corrected chi connectivity index (χ0v) is 15.2. The first-order valence-electron chi connectivity index (χ1n) is 9.03. The largest absolute Gasteiger partial charge is 0.383 e. The molecule has 0 saturated carbocycles. The van der Waals surface area contributed by atoms with Gasteiger partial charge >= 0.3 is 0 Å². The number of fused-ring (bicyclic) bond motifs is 2. The van der Waals surface area contributed by atoms with Gasteiger partial charge in [0.2, 0.25) is 0 Å². The van der Waals surface area contributed by atoms with Crippen molar-refractivity contribution in [2.24, 2.45) is 4.99 Å². The van der Waals surface area contributed by atoms with Crippen LogP contribution < -0.4 is 5.32 Å². The van der Waals surface area contributed by atoms with E-state index in [4.69, 9.17) is 0 Å². The predicted molar refractivity (Wildman–Crippen MR) is 113 cm³/mol. The summed E-state index contributed by atoms with van der Waals surface area (Å²) in [6.07, 6.45) is 2.00. The van der Waals surface area contributed by atoms with Crippen LogP contribution in [0.25, 0.3) is 21.7 Å². The van der Waals surface area contributed by atoms with Crippen molar-refractivity contribution in [3.8, 4) is 0 Å². The van der Waals surface area contributed by atoms with Gasteiger partial charge in [-0.15, -0.1) is 0 Å². The number of nitrogens with zero attached hydrogens (tertiary/aromatic N) is 1. The van der Waals surface area contributed by atoms with Crippen LogP contribution in [0.4, 0.5) is 5.69 Å². The first kappa shape index (κ1) is 16.4. The van der Waals surface area contributed by atoms with Gasteiger partial charge in [0.25, 0.3) is 0 Å². The third-order valence-electron chi connectivity index (χ3n) is 4.76. The predicted octanol–water partition coefficient (Wildman–Crippen LogP) is 5.47. The minimum absolute atomic E-state index is 0.737. The summed E-state index contributed by atoms with van der Waals surface area (Å²) in [5, 5.41) is 7.26. The van der Waals surface area contributed by atoms with Crippen LogP contribution >= 0.6 is 0 Å². The Kier molecular flexibility index (Phi) is 4.44. The zero-order chi connectivity index (χ0) is 17.9. The topological polar surface area (TPSA) is 40.2 Å². The number of aliphatic imine (C=N–C) groups is 1. The number of aromatic nitrogens is 1. The minimum atomic E-state index is 0.737. The van der Waals surface area contributed by atoms with Crippen molar-refractivity contribution in [2.45, 2.75) is 13.8 Å². The lowest BCUT2D eigenvalue weighted by atomic mass is 10.1. The Morgan fingerprint density at radius 1 is 0.962 bits per heavy atom. The molecular weight excluding hydrogens is 318 g/mol. The maximum Gasteiger partial charge on any atom is 0.0562 e. The van der Waals surface area contributed by atoms with E-state index >= 15 is 0 Å². The molecule has 1 aromatic heterocycles. The van der Waals surface area contributed by atoms with Gasteiger partial charge < -0.3 is 10.3 Å². The van der Waals surface area contributed by atoms with Crippen LogP contribution in [-0.4, -0.2) is 24.3 Å². The number of hydrogen-bond donors (Lipinski definition) is 2. The van der Waals surface area contributed by atoms with Crippen molar-refractivity contribution in [3.05, 3.63) is 77.5 Å². The molecular formula is C23H23N3. The molecule has 0 aliphatic carbocycles. The van der Waals surface area contributed by atoms with Gasteiger partial charge in [0.15, 0.2) is 0 Å². The number of hydrogen-bond acceptors (Lipinski definition) is 2. The smallest absolute Gasteiger partial charge is 0.0562 e. The molecule has 3 nitrogen and oxygen atoms in total. The molecule has 130 valence electrons. The van der Waals surface area contributed by atoms with Gasteiger partial charge in [0.05, 0.1) is 6.54 Å². The summed E-state index contributed by atoms with van der Waals surface area (Å²) in [6.45, 7) is 5.77. The van der Waals surface area contributed by atoms with Crippen LogP contribution in [0.5, 0.6) is 0 Å². The van der Waals surface area contributed by atoms with E-state index < -0.39 is 0 Å². The highest BCUT2D eigenvalue weighted by Crippen LogP contribution is 2.23. The average molecular weight is 341 g/mol. The summed E-state index contributed by atoms with van der Waals surface area (Å²) in [7, 11) is 0. The molecule has 0 aliphatic heterocycles. The summed E-state index contributed by atoms with van der Waals surface area (Å²) < 4.78 is 0. The number of rotatable bonds is 5. The van der Waals surface area contributed by atoms with E-state index in [1.54, 1.807) is 0 Å². The quantitative estimate of drug-likeness (QED) is 0.367. The van der Waals surface area contributed by atoms with Gasteiger partial charge in [-0.1, -0.05) is 48.0 Å². The van der Waals surface area contributed by atoms with Crippen molar-refractivity contribution in [1.82, 2.24) is 4.98 Å². The van der Waals surface area contributed by atoms with Gasteiger partial charge in [0.1, 0.15) is 0 Å². The highest BCUT2D eigenvalue weighted by atomic mass is 14.9. The minimum Gasteiger partial charge on any atom is -0.383 e. The third kappa shape index (κ3) is 3.21. The second-order valence-corrected chi connectivity index (χ2v) is 6.70. The number of anilines is 1. The van der Waals surface area contributed by atoms with E-state index in [1.807, 2.05) is 6.21 Å². The Labute approximate surface area is 153 Å². The van der Waals surface area contributed by atoms with Crippen molar-refractivity contribution in [1.29, 1.82) is 0 Å². The number of aromatic amines is 1. The molecule has 0 amide bonds. The lowest BCUT2D eigenvalue weighted by Gasteiger charge is -2.08.